The highest BCUT2D eigenvalue weighted by atomic mass is 16.7. The third kappa shape index (κ3) is 2.31. The molecule has 4 nitrogen and oxygen atoms in total. The minimum Gasteiger partial charge on any atom is -0.454 e. The molecule has 1 saturated heterocycles. The van der Waals surface area contributed by atoms with E-state index in [0.29, 0.717) is 12.7 Å². The number of rotatable bonds is 3. The lowest BCUT2D eigenvalue weighted by atomic mass is 10.0. The maximum Gasteiger partial charge on any atom is 0.231 e. The van der Waals surface area contributed by atoms with E-state index in [9.17, 15) is 5.11 Å². The Morgan fingerprint density at radius 3 is 3.00 bits per heavy atom. The van der Waals surface area contributed by atoms with E-state index >= 15 is 0 Å². The summed E-state index contributed by atoms with van der Waals surface area (Å²) < 4.78 is 10.7. The third-order valence-electron chi connectivity index (χ3n) is 3.83. The maximum atomic E-state index is 9.60. The zero-order valence-electron chi connectivity index (χ0n) is 10.6. The van der Waals surface area contributed by atoms with Gasteiger partial charge in [-0.1, -0.05) is 6.07 Å². The van der Waals surface area contributed by atoms with Gasteiger partial charge in [-0.05, 0) is 43.5 Å². The molecule has 1 aromatic rings. The summed E-state index contributed by atoms with van der Waals surface area (Å²) in [6.45, 7) is 5.16. The number of nitrogens with zero attached hydrogens (tertiary/aromatic N) is 1. The number of ether oxygens (including phenoxy) is 2. The van der Waals surface area contributed by atoms with Crippen LogP contribution in [0.5, 0.6) is 11.5 Å². The van der Waals surface area contributed by atoms with Crippen molar-refractivity contribution in [3.8, 4) is 11.5 Å². The molecule has 0 spiro atoms. The lowest BCUT2D eigenvalue weighted by Crippen LogP contribution is -2.23. The minimum absolute atomic E-state index is 0.202. The summed E-state index contributed by atoms with van der Waals surface area (Å²) in [6.07, 6.45) is 0.883. The van der Waals surface area contributed by atoms with Gasteiger partial charge in [0.15, 0.2) is 11.5 Å². The van der Waals surface area contributed by atoms with Gasteiger partial charge in [0.05, 0.1) is 6.10 Å². The summed E-state index contributed by atoms with van der Waals surface area (Å²) >= 11 is 0. The molecule has 0 aliphatic carbocycles. The van der Waals surface area contributed by atoms with Crippen molar-refractivity contribution in [3.63, 3.8) is 0 Å². The van der Waals surface area contributed by atoms with Gasteiger partial charge in [0.2, 0.25) is 6.79 Å². The highest BCUT2D eigenvalue weighted by Crippen LogP contribution is 2.33. The van der Waals surface area contributed by atoms with Crippen LogP contribution < -0.4 is 9.47 Å². The normalized spacial score (nSPS) is 24.4. The van der Waals surface area contributed by atoms with Crippen LogP contribution in [0.1, 0.15) is 18.9 Å². The Labute approximate surface area is 107 Å². The summed E-state index contributed by atoms with van der Waals surface area (Å²) in [5.41, 5.74) is 1.24. The first-order valence-electron chi connectivity index (χ1n) is 6.51. The van der Waals surface area contributed by atoms with E-state index < -0.39 is 0 Å². The van der Waals surface area contributed by atoms with Crippen LogP contribution in [0.15, 0.2) is 18.2 Å². The number of aliphatic hydroxyl groups excluding tert-OH is 1. The average Bonchev–Trinajstić information content (AvgIpc) is 2.96. The second-order valence-electron chi connectivity index (χ2n) is 5.21. The lowest BCUT2D eigenvalue weighted by Gasteiger charge is -2.17. The van der Waals surface area contributed by atoms with Gasteiger partial charge >= 0.3 is 0 Å². The van der Waals surface area contributed by atoms with E-state index in [2.05, 4.69) is 17.0 Å². The van der Waals surface area contributed by atoms with Crippen LogP contribution in [0.3, 0.4) is 0 Å². The van der Waals surface area contributed by atoms with Gasteiger partial charge in [-0.25, -0.2) is 0 Å². The summed E-state index contributed by atoms with van der Waals surface area (Å²) in [5.74, 6) is 2.10. The molecule has 2 aliphatic heterocycles. The zero-order valence-corrected chi connectivity index (χ0v) is 10.6. The molecule has 1 fully saturated rings. The van der Waals surface area contributed by atoms with Crippen molar-refractivity contribution in [1.82, 2.24) is 4.90 Å². The van der Waals surface area contributed by atoms with Gasteiger partial charge in [-0.2, -0.15) is 0 Å². The smallest absolute Gasteiger partial charge is 0.231 e. The number of fused-ring (bicyclic) bond motifs is 1. The predicted octanol–water partition coefficient (Wildman–Crippen LogP) is 1.62. The fraction of sp³-hybridized carbons (Fsp3) is 0.571. The van der Waals surface area contributed by atoms with Crippen LogP contribution in [-0.4, -0.2) is 36.0 Å². The van der Waals surface area contributed by atoms with E-state index in [4.69, 9.17) is 9.47 Å². The van der Waals surface area contributed by atoms with Crippen LogP contribution in [0.4, 0.5) is 0 Å². The Bertz CT molecular complexity index is 433. The molecule has 0 bridgehead atoms. The first kappa shape index (κ1) is 11.8. The van der Waals surface area contributed by atoms with Gasteiger partial charge in [0.25, 0.3) is 0 Å². The molecular formula is C14H19NO3. The van der Waals surface area contributed by atoms with Crippen LogP contribution in [0.25, 0.3) is 0 Å². The lowest BCUT2D eigenvalue weighted by molar-refractivity contribution is 0.127. The molecule has 1 N–H and O–H groups in total. The molecule has 2 atom stereocenters. The highest BCUT2D eigenvalue weighted by Gasteiger charge is 2.26. The van der Waals surface area contributed by atoms with Crippen molar-refractivity contribution in [2.24, 2.45) is 5.92 Å². The van der Waals surface area contributed by atoms with Crippen molar-refractivity contribution in [1.29, 1.82) is 0 Å². The fourth-order valence-electron chi connectivity index (χ4n) is 2.70. The van der Waals surface area contributed by atoms with E-state index in [1.165, 1.54) is 5.56 Å². The van der Waals surface area contributed by atoms with Crippen molar-refractivity contribution in [2.45, 2.75) is 26.0 Å². The van der Waals surface area contributed by atoms with Gasteiger partial charge in [0.1, 0.15) is 0 Å². The molecule has 3 rings (SSSR count). The Morgan fingerprint density at radius 1 is 1.39 bits per heavy atom. The van der Waals surface area contributed by atoms with Crippen molar-refractivity contribution in [2.75, 3.05) is 19.9 Å². The molecule has 0 aromatic heterocycles. The fourth-order valence-corrected chi connectivity index (χ4v) is 2.70. The Morgan fingerprint density at radius 2 is 2.22 bits per heavy atom. The molecule has 4 heteroatoms. The number of benzene rings is 1. The van der Waals surface area contributed by atoms with Crippen molar-refractivity contribution < 1.29 is 14.6 Å². The maximum absolute atomic E-state index is 9.60. The standard InChI is InChI=1S/C14H19NO3/c1-10(16)12-4-5-15(8-12)7-11-2-3-13-14(6-11)18-9-17-13/h2-3,6,10,12,16H,4-5,7-9H2,1H3. The Kier molecular flexibility index (Phi) is 3.14. The molecule has 0 radical (unpaired) electrons. The van der Waals surface area contributed by atoms with Gasteiger partial charge in [-0.3, -0.25) is 4.90 Å². The number of aliphatic hydroxyl groups is 1. The molecular weight excluding hydrogens is 230 g/mol. The van der Waals surface area contributed by atoms with E-state index in [1.54, 1.807) is 0 Å². The minimum atomic E-state index is -0.202. The number of hydrogen-bond acceptors (Lipinski definition) is 4. The van der Waals surface area contributed by atoms with E-state index in [-0.39, 0.29) is 6.10 Å². The summed E-state index contributed by atoms with van der Waals surface area (Å²) in [7, 11) is 0. The van der Waals surface area contributed by atoms with Gasteiger partial charge in [0, 0.05) is 13.1 Å². The molecule has 0 saturated carbocycles. The average molecular weight is 249 g/mol. The van der Waals surface area contributed by atoms with Crippen LogP contribution in [0.2, 0.25) is 0 Å². The molecule has 0 amide bonds. The summed E-state index contributed by atoms with van der Waals surface area (Å²) in [4.78, 5) is 2.38. The molecule has 1 aromatic carbocycles. The largest absolute Gasteiger partial charge is 0.454 e. The quantitative estimate of drug-likeness (QED) is 0.884. The first-order valence-corrected chi connectivity index (χ1v) is 6.51. The van der Waals surface area contributed by atoms with E-state index in [1.807, 2.05) is 13.0 Å². The second kappa shape index (κ2) is 4.78. The van der Waals surface area contributed by atoms with Crippen LogP contribution in [0, 0.1) is 5.92 Å². The van der Waals surface area contributed by atoms with Crippen LogP contribution in [-0.2, 0) is 6.54 Å². The predicted molar refractivity (Wildman–Crippen MR) is 67.6 cm³/mol. The van der Waals surface area contributed by atoms with Crippen LogP contribution >= 0.6 is 0 Å². The Balaban J connectivity index is 1.63. The summed E-state index contributed by atoms with van der Waals surface area (Å²) in [5, 5.41) is 9.60. The SMILES string of the molecule is CC(O)C1CCN(Cc2ccc3c(c2)OCO3)C1. The zero-order chi connectivity index (χ0) is 12.5. The molecule has 2 aliphatic rings. The first-order chi connectivity index (χ1) is 8.72. The highest BCUT2D eigenvalue weighted by molar-refractivity contribution is 5.44. The number of likely N-dealkylation sites (tertiary alicyclic amines) is 1. The third-order valence-corrected chi connectivity index (χ3v) is 3.83. The summed E-state index contributed by atoms with van der Waals surface area (Å²) in [6, 6.07) is 6.11. The van der Waals surface area contributed by atoms with Crippen molar-refractivity contribution >= 4 is 0 Å². The van der Waals surface area contributed by atoms with Crippen molar-refractivity contribution in [3.05, 3.63) is 23.8 Å². The Hall–Kier alpha value is -1.26. The number of hydrogen-bond donors (Lipinski definition) is 1. The second-order valence-corrected chi connectivity index (χ2v) is 5.21. The van der Waals surface area contributed by atoms with E-state index in [0.717, 1.165) is 37.6 Å². The topological polar surface area (TPSA) is 41.9 Å². The van der Waals surface area contributed by atoms with Gasteiger partial charge in [-0.15, -0.1) is 0 Å². The molecule has 18 heavy (non-hydrogen) atoms. The van der Waals surface area contributed by atoms with Gasteiger partial charge < -0.3 is 14.6 Å². The molecule has 98 valence electrons. The monoisotopic (exact) mass is 249 g/mol. The molecule has 2 unspecified atom stereocenters. The molecule has 2 heterocycles.